The summed E-state index contributed by atoms with van der Waals surface area (Å²) in [5.41, 5.74) is 8.09. The Morgan fingerprint density at radius 3 is 2.94 bits per heavy atom. The van der Waals surface area contributed by atoms with Gasteiger partial charge in [0.2, 0.25) is 11.8 Å². The van der Waals surface area contributed by atoms with Crippen molar-refractivity contribution in [3.63, 3.8) is 0 Å². The van der Waals surface area contributed by atoms with Crippen LogP contribution in [0.25, 0.3) is 0 Å². The van der Waals surface area contributed by atoms with E-state index < -0.39 is 0 Å². The number of aryl methyl sites for hydroxylation is 1. The Kier molecular flexibility index (Phi) is 3.62. The SMILES string of the molecule is CN1C(=O)CCc2cc(NC(=O)CCN)ccc21. The minimum absolute atomic E-state index is 0.0855. The zero-order chi connectivity index (χ0) is 13.1. The van der Waals surface area contributed by atoms with Crippen LogP contribution in [0, 0.1) is 0 Å². The number of carbonyl (C=O) groups excluding carboxylic acids is 2. The van der Waals surface area contributed by atoms with Crippen LogP contribution in [0.5, 0.6) is 0 Å². The lowest BCUT2D eigenvalue weighted by Crippen LogP contribution is -2.31. The van der Waals surface area contributed by atoms with Gasteiger partial charge in [-0.05, 0) is 30.2 Å². The average Bonchev–Trinajstić information content (AvgIpc) is 2.34. The Bertz CT molecular complexity index is 485. The minimum Gasteiger partial charge on any atom is -0.330 e. The summed E-state index contributed by atoms with van der Waals surface area (Å²) >= 11 is 0. The summed E-state index contributed by atoms with van der Waals surface area (Å²) in [4.78, 5) is 24.6. The van der Waals surface area contributed by atoms with Crippen molar-refractivity contribution in [2.24, 2.45) is 5.73 Å². The lowest BCUT2D eigenvalue weighted by molar-refractivity contribution is -0.118. The molecule has 0 atom stereocenters. The van der Waals surface area contributed by atoms with Crippen molar-refractivity contribution in [1.82, 2.24) is 0 Å². The number of hydrogen-bond donors (Lipinski definition) is 2. The summed E-state index contributed by atoms with van der Waals surface area (Å²) in [5, 5.41) is 2.80. The lowest BCUT2D eigenvalue weighted by atomic mass is 10.0. The molecule has 2 amide bonds. The molecule has 0 bridgehead atoms. The number of benzene rings is 1. The van der Waals surface area contributed by atoms with Gasteiger partial charge in [-0.1, -0.05) is 0 Å². The zero-order valence-electron chi connectivity index (χ0n) is 10.4. The van der Waals surface area contributed by atoms with Gasteiger partial charge >= 0.3 is 0 Å². The van der Waals surface area contributed by atoms with Gasteiger partial charge in [-0.15, -0.1) is 0 Å². The molecule has 96 valence electrons. The third kappa shape index (κ3) is 2.51. The number of nitrogens with one attached hydrogen (secondary N) is 1. The molecule has 0 unspecified atom stereocenters. The Balaban J connectivity index is 2.18. The Labute approximate surface area is 106 Å². The second-order valence-electron chi connectivity index (χ2n) is 4.38. The molecular formula is C13H17N3O2. The zero-order valence-corrected chi connectivity index (χ0v) is 10.4. The second-order valence-corrected chi connectivity index (χ2v) is 4.38. The van der Waals surface area contributed by atoms with Crippen molar-refractivity contribution in [1.29, 1.82) is 0 Å². The summed E-state index contributed by atoms with van der Waals surface area (Å²) in [7, 11) is 1.77. The first kappa shape index (κ1) is 12.6. The van der Waals surface area contributed by atoms with Gasteiger partial charge < -0.3 is 16.0 Å². The Hall–Kier alpha value is -1.88. The molecule has 5 nitrogen and oxygen atoms in total. The second kappa shape index (κ2) is 5.18. The lowest BCUT2D eigenvalue weighted by Gasteiger charge is -2.26. The van der Waals surface area contributed by atoms with E-state index in [1.807, 2.05) is 18.2 Å². The first-order chi connectivity index (χ1) is 8.61. The van der Waals surface area contributed by atoms with Crippen LogP contribution in [-0.4, -0.2) is 25.4 Å². The highest BCUT2D eigenvalue weighted by Crippen LogP contribution is 2.29. The number of fused-ring (bicyclic) bond motifs is 1. The molecule has 0 aromatic heterocycles. The quantitative estimate of drug-likeness (QED) is 0.832. The number of nitrogens with zero attached hydrogens (tertiary/aromatic N) is 1. The molecule has 1 aromatic carbocycles. The molecule has 1 aliphatic rings. The summed E-state index contributed by atoms with van der Waals surface area (Å²) in [5.74, 6) is 0.0418. The third-order valence-electron chi connectivity index (χ3n) is 3.08. The fourth-order valence-electron chi connectivity index (χ4n) is 2.09. The Morgan fingerprint density at radius 1 is 1.44 bits per heavy atom. The molecule has 18 heavy (non-hydrogen) atoms. The largest absolute Gasteiger partial charge is 0.330 e. The predicted octanol–water partition coefficient (Wildman–Crippen LogP) is 0.883. The van der Waals surface area contributed by atoms with Gasteiger partial charge in [-0.3, -0.25) is 9.59 Å². The van der Waals surface area contributed by atoms with Crippen LogP contribution < -0.4 is 16.0 Å². The van der Waals surface area contributed by atoms with Crippen LogP contribution >= 0.6 is 0 Å². The average molecular weight is 247 g/mol. The fourth-order valence-corrected chi connectivity index (χ4v) is 2.09. The van der Waals surface area contributed by atoms with Crippen LogP contribution in [0.15, 0.2) is 18.2 Å². The molecule has 1 aliphatic heterocycles. The van der Waals surface area contributed by atoms with E-state index >= 15 is 0 Å². The van der Waals surface area contributed by atoms with Gasteiger partial charge in [0.1, 0.15) is 0 Å². The number of carbonyl (C=O) groups is 2. The van der Waals surface area contributed by atoms with Crippen molar-refractivity contribution in [2.45, 2.75) is 19.3 Å². The molecule has 0 saturated heterocycles. The number of nitrogens with two attached hydrogens (primary N) is 1. The molecule has 2 rings (SSSR count). The molecule has 0 spiro atoms. The molecular weight excluding hydrogens is 230 g/mol. The van der Waals surface area contributed by atoms with Crippen molar-refractivity contribution >= 4 is 23.2 Å². The summed E-state index contributed by atoms with van der Waals surface area (Å²) < 4.78 is 0. The van der Waals surface area contributed by atoms with E-state index in [-0.39, 0.29) is 11.8 Å². The molecule has 0 fully saturated rings. The van der Waals surface area contributed by atoms with Gasteiger partial charge in [0.25, 0.3) is 0 Å². The maximum atomic E-state index is 11.5. The van der Waals surface area contributed by atoms with Crippen molar-refractivity contribution < 1.29 is 9.59 Å². The first-order valence-electron chi connectivity index (χ1n) is 6.01. The van der Waals surface area contributed by atoms with Gasteiger partial charge in [-0.25, -0.2) is 0 Å². The van der Waals surface area contributed by atoms with E-state index in [0.29, 0.717) is 19.4 Å². The maximum absolute atomic E-state index is 11.5. The van der Waals surface area contributed by atoms with E-state index in [1.54, 1.807) is 11.9 Å². The van der Waals surface area contributed by atoms with Crippen molar-refractivity contribution in [2.75, 3.05) is 23.8 Å². The number of anilines is 2. The number of rotatable bonds is 3. The molecule has 5 heteroatoms. The van der Waals surface area contributed by atoms with E-state index in [9.17, 15) is 9.59 Å². The van der Waals surface area contributed by atoms with E-state index in [4.69, 9.17) is 5.73 Å². The number of amides is 2. The smallest absolute Gasteiger partial charge is 0.227 e. The van der Waals surface area contributed by atoms with E-state index in [0.717, 1.165) is 23.4 Å². The third-order valence-corrected chi connectivity index (χ3v) is 3.08. The molecule has 1 aromatic rings. The molecule has 0 aliphatic carbocycles. The van der Waals surface area contributed by atoms with E-state index in [1.165, 1.54) is 0 Å². The molecule has 1 heterocycles. The topological polar surface area (TPSA) is 75.4 Å². The summed E-state index contributed by atoms with van der Waals surface area (Å²) in [6.07, 6.45) is 1.55. The summed E-state index contributed by atoms with van der Waals surface area (Å²) in [6.45, 7) is 0.341. The van der Waals surface area contributed by atoms with Crippen LogP contribution in [-0.2, 0) is 16.0 Å². The molecule has 3 N–H and O–H groups in total. The standard InChI is InChI=1S/C13H17N3O2/c1-16-11-4-3-10(15-12(17)6-7-14)8-9(11)2-5-13(16)18/h3-4,8H,2,5-7,14H2,1H3,(H,15,17). The first-order valence-corrected chi connectivity index (χ1v) is 6.01. The normalized spacial score (nSPS) is 14.3. The Morgan fingerprint density at radius 2 is 2.22 bits per heavy atom. The van der Waals surface area contributed by atoms with Gasteiger partial charge in [0.15, 0.2) is 0 Å². The summed E-state index contributed by atoms with van der Waals surface area (Å²) in [6, 6.07) is 5.60. The van der Waals surface area contributed by atoms with Crippen LogP contribution in [0.2, 0.25) is 0 Å². The highest BCUT2D eigenvalue weighted by molar-refractivity contribution is 5.97. The number of hydrogen-bond acceptors (Lipinski definition) is 3. The minimum atomic E-state index is -0.0855. The fraction of sp³-hybridized carbons (Fsp3) is 0.385. The molecule has 0 radical (unpaired) electrons. The van der Waals surface area contributed by atoms with Gasteiger partial charge in [0.05, 0.1) is 0 Å². The van der Waals surface area contributed by atoms with Gasteiger partial charge in [-0.2, -0.15) is 0 Å². The highest BCUT2D eigenvalue weighted by atomic mass is 16.2. The van der Waals surface area contributed by atoms with E-state index in [2.05, 4.69) is 5.32 Å². The monoisotopic (exact) mass is 247 g/mol. The maximum Gasteiger partial charge on any atom is 0.227 e. The predicted molar refractivity (Wildman–Crippen MR) is 70.5 cm³/mol. The highest BCUT2D eigenvalue weighted by Gasteiger charge is 2.20. The van der Waals surface area contributed by atoms with Gasteiger partial charge in [0, 0.05) is 37.8 Å². The van der Waals surface area contributed by atoms with Crippen LogP contribution in [0.3, 0.4) is 0 Å². The van der Waals surface area contributed by atoms with Crippen LogP contribution in [0.4, 0.5) is 11.4 Å². The van der Waals surface area contributed by atoms with Crippen molar-refractivity contribution in [3.8, 4) is 0 Å². The van der Waals surface area contributed by atoms with Crippen LogP contribution in [0.1, 0.15) is 18.4 Å². The molecule has 0 saturated carbocycles. The van der Waals surface area contributed by atoms with Crippen molar-refractivity contribution in [3.05, 3.63) is 23.8 Å².